The van der Waals surface area contributed by atoms with Crippen molar-refractivity contribution < 1.29 is 14.3 Å². The minimum absolute atomic E-state index is 0.106. The molecule has 3 heterocycles. The molecule has 7 nitrogen and oxygen atoms in total. The number of halogens is 1. The Morgan fingerprint density at radius 2 is 2.11 bits per heavy atom. The second-order valence-electron chi connectivity index (χ2n) is 6.76. The summed E-state index contributed by atoms with van der Waals surface area (Å²) in [5.74, 6) is -0.0214. The number of rotatable bonds is 5. The van der Waals surface area contributed by atoms with Crippen molar-refractivity contribution in [2.24, 2.45) is 0 Å². The Balaban J connectivity index is 1.44. The van der Waals surface area contributed by atoms with Gasteiger partial charge in [-0.2, -0.15) is 0 Å². The maximum atomic E-state index is 12.6. The van der Waals surface area contributed by atoms with E-state index in [1.807, 2.05) is 23.6 Å². The van der Waals surface area contributed by atoms with Crippen molar-refractivity contribution in [3.05, 3.63) is 33.7 Å². The highest BCUT2D eigenvalue weighted by Crippen LogP contribution is 2.30. The molecular weight excluding hydrogens is 444 g/mol. The number of nitrogens with zero attached hydrogens (tertiary/aromatic N) is 3. The van der Waals surface area contributed by atoms with Crippen molar-refractivity contribution in [3.63, 3.8) is 0 Å². The molecule has 2 aromatic rings. The molecule has 2 aliphatic heterocycles. The van der Waals surface area contributed by atoms with Gasteiger partial charge in [-0.05, 0) is 24.6 Å². The van der Waals surface area contributed by atoms with Gasteiger partial charge in [-0.3, -0.25) is 14.5 Å². The molecule has 148 valence electrons. The Labute approximate surface area is 175 Å². The number of carbonyl (C=O) groups excluding carboxylic acids is 2. The van der Waals surface area contributed by atoms with Gasteiger partial charge in [0.1, 0.15) is 0 Å². The van der Waals surface area contributed by atoms with Crippen LogP contribution < -0.4 is 15.1 Å². The zero-order valence-corrected chi connectivity index (χ0v) is 17.7. The summed E-state index contributed by atoms with van der Waals surface area (Å²) in [6.07, 6.45) is 1.61. The molecule has 2 aliphatic rings. The molecule has 9 heteroatoms. The van der Waals surface area contributed by atoms with Crippen LogP contribution in [0.2, 0.25) is 0 Å². The number of anilines is 3. The average Bonchev–Trinajstić information content (AvgIpc) is 3.31. The smallest absolute Gasteiger partial charge is 0.230 e. The van der Waals surface area contributed by atoms with Crippen LogP contribution in [0.3, 0.4) is 0 Å². The standard InChI is InChI=1S/C19H21BrN4O3S/c20-13-3-4-16(23-6-8-27-9-7-23)15(10-13)22-17(25)11-14-12-28-19(21-14)24-5-1-2-18(24)26/h3-4,10,12H,1-2,5-9,11H2,(H,22,25). The Kier molecular flexibility index (Phi) is 5.93. The first-order valence-electron chi connectivity index (χ1n) is 9.27. The van der Waals surface area contributed by atoms with Crippen molar-refractivity contribution in [2.75, 3.05) is 48.0 Å². The summed E-state index contributed by atoms with van der Waals surface area (Å²) in [6.45, 7) is 3.66. The monoisotopic (exact) mass is 464 g/mol. The van der Waals surface area contributed by atoms with Gasteiger partial charge in [0, 0.05) is 35.9 Å². The number of morpholine rings is 1. The first-order valence-corrected chi connectivity index (χ1v) is 10.9. The highest BCUT2D eigenvalue weighted by atomic mass is 79.9. The Morgan fingerprint density at radius 3 is 2.86 bits per heavy atom. The van der Waals surface area contributed by atoms with E-state index in [1.54, 1.807) is 4.90 Å². The molecule has 2 amide bonds. The second kappa shape index (κ2) is 8.59. The molecule has 28 heavy (non-hydrogen) atoms. The molecule has 1 N–H and O–H groups in total. The topological polar surface area (TPSA) is 74.8 Å². The zero-order valence-electron chi connectivity index (χ0n) is 15.3. The van der Waals surface area contributed by atoms with Crippen molar-refractivity contribution in [3.8, 4) is 0 Å². The molecule has 0 aliphatic carbocycles. The maximum Gasteiger partial charge on any atom is 0.230 e. The Hall–Kier alpha value is -1.97. The molecule has 0 bridgehead atoms. The fourth-order valence-electron chi connectivity index (χ4n) is 3.40. The Morgan fingerprint density at radius 1 is 1.29 bits per heavy atom. The Bertz CT molecular complexity index is 882. The van der Waals surface area contributed by atoms with E-state index in [9.17, 15) is 9.59 Å². The summed E-state index contributed by atoms with van der Waals surface area (Å²) < 4.78 is 6.33. The van der Waals surface area contributed by atoms with Crippen LogP contribution in [0.5, 0.6) is 0 Å². The number of aromatic nitrogens is 1. The lowest BCUT2D eigenvalue weighted by molar-refractivity contribution is -0.117. The normalized spacial score (nSPS) is 17.2. The third-order valence-electron chi connectivity index (χ3n) is 4.77. The first kappa shape index (κ1) is 19.4. The number of amides is 2. The van der Waals surface area contributed by atoms with Gasteiger partial charge in [-0.1, -0.05) is 15.9 Å². The van der Waals surface area contributed by atoms with E-state index in [0.717, 1.165) is 35.4 Å². The van der Waals surface area contributed by atoms with Crippen LogP contribution in [0.4, 0.5) is 16.5 Å². The molecule has 0 unspecified atom stereocenters. The lowest BCUT2D eigenvalue weighted by Gasteiger charge is -2.30. The number of thiazole rings is 1. The fourth-order valence-corrected chi connectivity index (χ4v) is 4.63. The van der Waals surface area contributed by atoms with E-state index >= 15 is 0 Å². The van der Waals surface area contributed by atoms with Gasteiger partial charge < -0.3 is 15.0 Å². The largest absolute Gasteiger partial charge is 0.378 e. The molecule has 1 aromatic carbocycles. The number of hydrogen-bond donors (Lipinski definition) is 1. The van der Waals surface area contributed by atoms with Crippen LogP contribution >= 0.6 is 27.3 Å². The van der Waals surface area contributed by atoms with E-state index in [-0.39, 0.29) is 18.2 Å². The average molecular weight is 465 g/mol. The minimum Gasteiger partial charge on any atom is -0.378 e. The van der Waals surface area contributed by atoms with Gasteiger partial charge in [0.25, 0.3) is 0 Å². The van der Waals surface area contributed by atoms with Gasteiger partial charge in [0.2, 0.25) is 11.8 Å². The van der Waals surface area contributed by atoms with Crippen molar-refractivity contribution in [2.45, 2.75) is 19.3 Å². The highest BCUT2D eigenvalue weighted by molar-refractivity contribution is 9.10. The summed E-state index contributed by atoms with van der Waals surface area (Å²) in [5.41, 5.74) is 2.44. The zero-order chi connectivity index (χ0) is 19.5. The lowest BCUT2D eigenvalue weighted by Crippen LogP contribution is -2.36. The van der Waals surface area contributed by atoms with Gasteiger partial charge in [0.05, 0.1) is 36.7 Å². The van der Waals surface area contributed by atoms with E-state index in [0.29, 0.717) is 37.0 Å². The molecule has 0 saturated carbocycles. The summed E-state index contributed by atoms with van der Waals surface area (Å²) >= 11 is 4.89. The second-order valence-corrected chi connectivity index (χ2v) is 8.51. The quantitative estimate of drug-likeness (QED) is 0.735. The molecule has 2 fully saturated rings. The van der Waals surface area contributed by atoms with Gasteiger partial charge >= 0.3 is 0 Å². The fraction of sp³-hybridized carbons (Fsp3) is 0.421. The lowest BCUT2D eigenvalue weighted by atomic mass is 10.2. The van der Waals surface area contributed by atoms with Crippen LogP contribution in [0.1, 0.15) is 18.5 Å². The molecule has 4 rings (SSSR count). The number of ether oxygens (including phenoxy) is 1. The van der Waals surface area contributed by atoms with Crippen LogP contribution in [0.25, 0.3) is 0 Å². The van der Waals surface area contributed by atoms with E-state index in [4.69, 9.17) is 4.74 Å². The molecule has 2 saturated heterocycles. The van der Waals surface area contributed by atoms with E-state index in [1.165, 1.54) is 11.3 Å². The molecule has 0 atom stereocenters. The van der Waals surface area contributed by atoms with Crippen LogP contribution in [0, 0.1) is 0 Å². The van der Waals surface area contributed by atoms with Crippen LogP contribution in [0.15, 0.2) is 28.1 Å². The van der Waals surface area contributed by atoms with E-state index < -0.39 is 0 Å². The van der Waals surface area contributed by atoms with Crippen LogP contribution in [-0.2, 0) is 20.7 Å². The first-order chi connectivity index (χ1) is 13.6. The van der Waals surface area contributed by atoms with Crippen LogP contribution in [-0.4, -0.2) is 49.6 Å². The molecular formula is C19H21BrN4O3S. The van der Waals surface area contributed by atoms with Gasteiger partial charge in [-0.15, -0.1) is 11.3 Å². The number of nitrogens with one attached hydrogen (secondary N) is 1. The SMILES string of the molecule is O=C(Cc1csc(N2CCCC2=O)n1)Nc1cc(Br)ccc1N1CCOCC1. The highest BCUT2D eigenvalue weighted by Gasteiger charge is 2.24. The molecule has 1 aromatic heterocycles. The van der Waals surface area contributed by atoms with Crippen molar-refractivity contribution in [1.29, 1.82) is 0 Å². The van der Waals surface area contributed by atoms with E-state index in [2.05, 4.69) is 31.1 Å². The van der Waals surface area contributed by atoms with Gasteiger partial charge in [-0.25, -0.2) is 4.98 Å². The summed E-state index contributed by atoms with van der Waals surface area (Å²) in [4.78, 5) is 32.9. The summed E-state index contributed by atoms with van der Waals surface area (Å²) in [7, 11) is 0. The summed E-state index contributed by atoms with van der Waals surface area (Å²) in [6, 6.07) is 5.89. The molecule has 0 radical (unpaired) electrons. The van der Waals surface area contributed by atoms with Crippen molar-refractivity contribution in [1.82, 2.24) is 4.98 Å². The number of hydrogen-bond acceptors (Lipinski definition) is 6. The predicted molar refractivity (Wildman–Crippen MR) is 113 cm³/mol. The van der Waals surface area contributed by atoms with Crippen molar-refractivity contribution >= 4 is 55.6 Å². The predicted octanol–water partition coefficient (Wildman–Crippen LogP) is 3.05. The maximum absolute atomic E-state index is 12.6. The third kappa shape index (κ3) is 4.37. The minimum atomic E-state index is -0.128. The number of benzene rings is 1. The van der Waals surface area contributed by atoms with Gasteiger partial charge in [0.15, 0.2) is 5.13 Å². The number of carbonyl (C=O) groups is 2. The molecule has 0 spiro atoms. The third-order valence-corrected chi connectivity index (χ3v) is 6.18. The summed E-state index contributed by atoms with van der Waals surface area (Å²) in [5, 5.41) is 5.55.